The van der Waals surface area contributed by atoms with Crippen molar-refractivity contribution < 1.29 is 19.1 Å². The van der Waals surface area contributed by atoms with Gasteiger partial charge in [0.25, 0.3) is 5.91 Å². The lowest BCUT2D eigenvalue weighted by molar-refractivity contribution is -0.148. The Bertz CT molecular complexity index is 922. The molecule has 1 aliphatic rings. The van der Waals surface area contributed by atoms with Crippen LogP contribution in [0.2, 0.25) is 15.1 Å². The first kappa shape index (κ1) is 21.6. The average Bonchev–Trinajstić information content (AvgIpc) is 2.72. The maximum atomic E-state index is 12.5. The van der Waals surface area contributed by atoms with Crippen LogP contribution >= 0.6 is 34.8 Å². The number of ketones is 1. The number of hydrogen-bond donors (Lipinski definition) is 0. The number of carbonyl (C=O) groups excluding carboxylic acids is 3. The number of piperidine rings is 1. The first-order chi connectivity index (χ1) is 13.8. The molecule has 0 aliphatic carbocycles. The number of carbonyl (C=O) groups is 3. The number of esters is 1. The molecule has 152 valence electrons. The van der Waals surface area contributed by atoms with Crippen molar-refractivity contribution in [2.75, 3.05) is 19.7 Å². The van der Waals surface area contributed by atoms with Crippen LogP contribution in [0.4, 0.5) is 0 Å². The Balaban J connectivity index is 1.49. The summed E-state index contributed by atoms with van der Waals surface area (Å²) < 4.78 is 5.18. The van der Waals surface area contributed by atoms with E-state index in [2.05, 4.69) is 0 Å². The Kier molecular flexibility index (Phi) is 7.17. The molecule has 8 heteroatoms. The van der Waals surface area contributed by atoms with Gasteiger partial charge in [-0.05, 0) is 55.3 Å². The highest BCUT2D eigenvalue weighted by Gasteiger charge is 2.29. The molecule has 3 rings (SSSR count). The standard InChI is InChI=1S/C21H18Cl3NO4/c22-15-3-1-13(2-4-15)20(27)25-9-7-14(8-10-25)21(28)29-12-19(26)17-6-5-16(23)11-18(17)24/h1-6,11,14H,7-10,12H2. The molecule has 0 N–H and O–H groups in total. The zero-order valence-electron chi connectivity index (χ0n) is 15.4. The molecular formula is C21H18Cl3NO4. The smallest absolute Gasteiger partial charge is 0.309 e. The number of rotatable bonds is 5. The van der Waals surface area contributed by atoms with Crippen molar-refractivity contribution in [2.24, 2.45) is 5.92 Å². The molecule has 2 aromatic rings. The monoisotopic (exact) mass is 453 g/mol. The highest BCUT2D eigenvalue weighted by Crippen LogP contribution is 2.23. The number of hydrogen-bond acceptors (Lipinski definition) is 4. The largest absolute Gasteiger partial charge is 0.457 e. The fraction of sp³-hybridized carbons (Fsp3) is 0.286. The van der Waals surface area contributed by atoms with Gasteiger partial charge in [-0.15, -0.1) is 0 Å². The van der Waals surface area contributed by atoms with E-state index in [1.807, 2.05) is 0 Å². The predicted molar refractivity (Wildman–Crippen MR) is 112 cm³/mol. The molecule has 0 spiro atoms. The molecule has 0 unspecified atom stereocenters. The summed E-state index contributed by atoms with van der Waals surface area (Å²) in [5.74, 6) is -1.28. The molecule has 0 bridgehead atoms. The van der Waals surface area contributed by atoms with Crippen LogP contribution in [0, 0.1) is 5.92 Å². The number of halogens is 3. The predicted octanol–water partition coefficient (Wildman–Crippen LogP) is 4.93. The van der Waals surface area contributed by atoms with Gasteiger partial charge in [-0.3, -0.25) is 14.4 Å². The van der Waals surface area contributed by atoms with Crippen molar-refractivity contribution in [3.63, 3.8) is 0 Å². The fourth-order valence-electron chi connectivity index (χ4n) is 3.14. The second-order valence-electron chi connectivity index (χ2n) is 6.73. The maximum Gasteiger partial charge on any atom is 0.309 e. The average molecular weight is 455 g/mol. The Morgan fingerprint density at radius 3 is 2.17 bits per heavy atom. The van der Waals surface area contributed by atoms with E-state index in [0.717, 1.165) is 0 Å². The molecule has 5 nitrogen and oxygen atoms in total. The van der Waals surface area contributed by atoms with Crippen molar-refractivity contribution in [2.45, 2.75) is 12.8 Å². The van der Waals surface area contributed by atoms with E-state index in [0.29, 0.717) is 41.5 Å². The minimum Gasteiger partial charge on any atom is -0.457 e. The van der Waals surface area contributed by atoms with Gasteiger partial charge < -0.3 is 9.64 Å². The summed E-state index contributed by atoms with van der Waals surface area (Å²) in [6.07, 6.45) is 0.960. The van der Waals surface area contributed by atoms with Crippen LogP contribution in [0.5, 0.6) is 0 Å². The molecule has 1 saturated heterocycles. The van der Waals surface area contributed by atoms with E-state index in [4.69, 9.17) is 39.5 Å². The van der Waals surface area contributed by atoms with E-state index < -0.39 is 11.8 Å². The summed E-state index contributed by atoms with van der Waals surface area (Å²) in [7, 11) is 0. The third kappa shape index (κ3) is 5.50. The van der Waals surface area contributed by atoms with Gasteiger partial charge in [0.2, 0.25) is 5.78 Å². The Morgan fingerprint density at radius 2 is 1.55 bits per heavy atom. The van der Waals surface area contributed by atoms with E-state index in [1.54, 1.807) is 35.2 Å². The Hall–Kier alpha value is -2.08. The van der Waals surface area contributed by atoms with Crippen LogP contribution in [0.15, 0.2) is 42.5 Å². The molecule has 0 radical (unpaired) electrons. The van der Waals surface area contributed by atoms with E-state index in [-0.39, 0.29) is 29.0 Å². The van der Waals surface area contributed by atoms with Crippen LogP contribution < -0.4 is 0 Å². The summed E-state index contributed by atoms with van der Waals surface area (Å²) in [5.41, 5.74) is 0.813. The van der Waals surface area contributed by atoms with Gasteiger partial charge in [-0.25, -0.2) is 0 Å². The number of ether oxygens (including phenoxy) is 1. The van der Waals surface area contributed by atoms with Gasteiger partial charge in [0.15, 0.2) is 6.61 Å². The van der Waals surface area contributed by atoms with Crippen molar-refractivity contribution >= 4 is 52.5 Å². The topological polar surface area (TPSA) is 63.7 Å². The summed E-state index contributed by atoms with van der Waals surface area (Å²) in [6, 6.07) is 11.2. The molecule has 0 atom stereocenters. The number of Topliss-reactive ketones (excluding diaryl/α,β-unsaturated/α-hetero) is 1. The van der Waals surface area contributed by atoms with E-state index in [9.17, 15) is 14.4 Å². The second-order valence-corrected chi connectivity index (χ2v) is 8.01. The first-order valence-corrected chi connectivity index (χ1v) is 10.2. The number of amides is 1. The summed E-state index contributed by atoms with van der Waals surface area (Å²) >= 11 is 17.7. The molecule has 1 amide bonds. The van der Waals surface area contributed by atoms with Crippen LogP contribution in [-0.2, 0) is 9.53 Å². The van der Waals surface area contributed by atoms with E-state index >= 15 is 0 Å². The SMILES string of the molecule is O=C(COC(=O)C1CCN(C(=O)c2ccc(Cl)cc2)CC1)c1ccc(Cl)cc1Cl. The highest BCUT2D eigenvalue weighted by atomic mass is 35.5. The minimum absolute atomic E-state index is 0.0963. The third-order valence-electron chi connectivity index (χ3n) is 4.78. The number of benzene rings is 2. The molecule has 1 aliphatic heterocycles. The second kappa shape index (κ2) is 9.61. The van der Waals surface area contributed by atoms with Gasteiger partial charge in [0.1, 0.15) is 0 Å². The van der Waals surface area contributed by atoms with Gasteiger partial charge in [0.05, 0.1) is 10.9 Å². The van der Waals surface area contributed by atoms with Crippen molar-refractivity contribution in [1.82, 2.24) is 4.90 Å². The normalized spacial score (nSPS) is 14.5. The molecule has 0 aromatic heterocycles. The Labute approximate surface area is 183 Å². The Morgan fingerprint density at radius 1 is 0.931 bits per heavy atom. The molecule has 0 saturated carbocycles. The number of likely N-dealkylation sites (tertiary alicyclic amines) is 1. The summed E-state index contributed by atoms with van der Waals surface area (Å²) in [4.78, 5) is 38.7. The van der Waals surface area contributed by atoms with Crippen molar-refractivity contribution in [3.05, 3.63) is 68.7 Å². The summed E-state index contributed by atoms with van der Waals surface area (Å²) in [6.45, 7) is 0.500. The molecule has 1 fully saturated rings. The first-order valence-electron chi connectivity index (χ1n) is 9.05. The minimum atomic E-state index is -0.443. The maximum absolute atomic E-state index is 12.5. The summed E-state index contributed by atoms with van der Waals surface area (Å²) in [5, 5.41) is 1.20. The molecule has 2 aromatic carbocycles. The zero-order chi connectivity index (χ0) is 21.0. The molecule has 1 heterocycles. The zero-order valence-corrected chi connectivity index (χ0v) is 17.6. The van der Waals surface area contributed by atoms with Gasteiger partial charge in [0, 0.05) is 34.3 Å². The van der Waals surface area contributed by atoms with E-state index in [1.165, 1.54) is 12.1 Å². The van der Waals surface area contributed by atoms with Gasteiger partial charge >= 0.3 is 5.97 Å². The van der Waals surface area contributed by atoms with Crippen LogP contribution in [-0.4, -0.2) is 42.3 Å². The third-order valence-corrected chi connectivity index (χ3v) is 5.58. The lowest BCUT2D eigenvalue weighted by atomic mass is 9.96. The molecular weight excluding hydrogens is 437 g/mol. The van der Waals surface area contributed by atoms with Gasteiger partial charge in [-0.2, -0.15) is 0 Å². The van der Waals surface area contributed by atoms with Crippen LogP contribution in [0.1, 0.15) is 33.6 Å². The fourth-order valence-corrected chi connectivity index (χ4v) is 3.78. The highest BCUT2D eigenvalue weighted by molar-refractivity contribution is 6.36. The van der Waals surface area contributed by atoms with Gasteiger partial charge in [-0.1, -0.05) is 34.8 Å². The van der Waals surface area contributed by atoms with Crippen molar-refractivity contribution in [1.29, 1.82) is 0 Å². The molecule has 29 heavy (non-hydrogen) atoms. The quantitative estimate of drug-likeness (QED) is 0.475. The lowest BCUT2D eigenvalue weighted by Gasteiger charge is -2.31. The number of nitrogens with zero attached hydrogens (tertiary/aromatic N) is 1. The van der Waals surface area contributed by atoms with Crippen molar-refractivity contribution in [3.8, 4) is 0 Å². The van der Waals surface area contributed by atoms with Crippen LogP contribution in [0.25, 0.3) is 0 Å². The van der Waals surface area contributed by atoms with Crippen LogP contribution in [0.3, 0.4) is 0 Å². The lowest BCUT2D eigenvalue weighted by Crippen LogP contribution is -2.40.